The van der Waals surface area contributed by atoms with Crippen molar-refractivity contribution in [3.8, 4) is 0 Å². The SMILES string of the molecule is CCCC(=O)N1CCC(c2nc3c(nnn3Cc3ccc(C(C)(C)C)cc3)c(=O)[nH]2)CC1. The number of amides is 1. The molecule has 0 unspecified atom stereocenters. The lowest BCUT2D eigenvalue weighted by molar-refractivity contribution is -0.132. The lowest BCUT2D eigenvalue weighted by atomic mass is 9.87. The zero-order valence-electron chi connectivity index (χ0n) is 19.4. The second kappa shape index (κ2) is 8.84. The number of hydrogen-bond donors (Lipinski definition) is 1. The van der Waals surface area contributed by atoms with E-state index in [1.165, 1.54) is 5.56 Å². The number of H-pyrrole nitrogens is 1. The van der Waals surface area contributed by atoms with Gasteiger partial charge in [-0.3, -0.25) is 9.59 Å². The molecule has 1 aliphatic heterocycles. The quantitative estimate of drug-likeness (QED) is 0.661. The van der Waals surface area contributed by atoms with Crippen LogP contribution in [0.15, 0.2) is 29.1 Å². The van der Waals surface area contributed by atoms with E-state index in [1.807, 2.05) is 11.8 Å². The molecule has 1 amide bonds. The number of nitrogens with zero attached hydrogens (tertiary/aromatic N) is 5. The van der Waals surface area contributed by atoms with Gasteiger partial charge in [0.25, 0.3) is 5.56 Å². The zero-order chi connectivity index (χ0) is 22.9. The summed E-state index contributed by atoms with van der Waals surface area (Å²) in [6.45, 7) is 10.5. The van der Waals surface area contributed by atoms with Crippen molar-refractivity contribution in [3.63, 3.8) is 0 Å². The summed E-state index contributed by atoms with van der Waals surface area (Å²) in [5.74, 6) is 0.992. The van der Waals surface area contributed by atoms with E-state index in [-0.39, 0.29) is 28.3 Å². The maximum Gasteiger partial charge on any atom is 0.281 e. The topological polar surface area (TPSA) is 96.8 Å². The number of hydrogen-bond acceptors (Lipinski definition) is 5. The minimum atomic E-state index is -0.260. The molecule has 8 nitrogen and oxygen atoms in total. The molecule has 1 aliphatic rings. The molecule has 0 spiro atoms. The first-order chi connectivity index (χ1) is 15.3. The summed E-state index contributed by atoms with van der Waals surface area (Å²) >= 11 is 0. The highest BCUT2D eigenvalue weighted by Gasteiger charge is 2.26. The Labute approximate surface area is 188 Å². The van der Waals surface area contributed by atoms with Gasteiger partial charge in [-0.15, -0.1) is 5.10 Å². The van der Waals surface area contributed by atoms with Gasteiger partial charge in [0.05, 0.1) is 6.54 Å². The average molecular weight is 437 g/mol. The van der Waals surface area contributed by atoms with Crippen LogP contribution in [0.2, 0.25) is 0 Å². The van der Waals surface area contributed by atoms with Gasteiger partial charge in [-0.1, -0.05) is 57.2 Å². The third-order valence-corrected chi connectivity index (χ3v) is 6.24. The van der Waals surface area contributed by atoms with E-state index in [1.54, 1.807) is 4.68 Å². The number of likely N-dealkylation sites (tertiary alicyclic amines) is 1. The number of rotatable bonds is 5. The van der Waals surface area contributed by atoms with E-state index < -0.39 is 0 Å². The molecular weight excluding hydrogens is 404 g/mol. The Morgan fingerprint density at radius 1 is 1.16 bits per heavy atom. The Balaban J connectivity index is 1.54. The van der Waals surface area contributed by atoms with E-state index in [2.05, 4.69) is 60.3 Å². The van der Waals surface area contributed by atoms with Crippen LogP contribution >= 0.6 is 0 Å². The molecule has 0 bridgehead atoms. The van der Waals surface area contributed by atoms with E-state index in [4.69, 9.17) is 4.98 Å². The number of benzene rings is 1. The van der Waals surface area contributed by atoms with Gasteiger partial charge in [0.1, 0.15) is 5.82 Å². The van der Waals surface area contributed by atoms with Crippen molar-refractivity contribution >= 4 is 17.1 Å². The Bertz CT molecular complexity index is 1150. The van der Waals surface area contributed by atoms with E-state index in [9.17, 15) is 9.59 Å². The summed E-state index contributed by atoms with van der Waals surface area (Å²) in [5, 5.41) is 8.26. The summed E-state index contributed by atoms with van der Waals surface area (Å²) in [6.07, 6.45) is 3.03. The number of carbonyl (C=O) groups is 1. The molecule has 3 aromatic rings. The first-order valence-corrected chi connectivity index (χ1v) is 11.5. The van der Waals surface area contributed by atoms with Gasteiger partial charge in [0.2, 0.25) is 5.91 Å². The largest absolute Gasteiger partial charge is 0.343 e. The smallest absolute Gasteiger partial charge is 0.281 e. The van der Waals surface area contributed by atoms with Gasteiger partial charge in [-0.25, -0.2) is 9.67 Å². The van der Waals surface area contributed by atoms with Crippen LogP contribution in [0.3, 0.4) is 0 Å². The molecular formula is C24H32N6O2. The third kappa shape index (κ3) is 4.59. The van der Waals surface area contributed by atoms with Crippen LogP contribution in [0.4, 0.5) is 0 Å². The van der Waals surface area contributed by atoms with Crippen molar-refractivity contribution in [2.45, 2.75) is 71.3 Å². The fourth-order valence-electron chi connectivity index (χ4n) is 4.24. The molecule has 170 valence electrons. The average Bonchev–Trinajstić information content (AvgIpc) is 3.17. The molecule has 32 heavy (non-hydrogen) atoms. The van der Waals surface area contributed by atoms with Gasteiger partial charge < -0.3 is 9.88 Å². The molecule has 1 N–H and O–H groups in total. The molecule has 1 fully saturated rings. The predicted octanol–water partition coefficient (Wildman–Crippen LogP) is 3.37. The standard InChI is InChI=1S/C24H32N6O2/c1-5-6-19(31)29-13-11-17(12-14-29)21-25-22-20(23(32)26-21)27-28-30(22)15-16-7-9-18(10-8-16)24(2,3)4/h7-10,17H,5-6,11-15H2,1-4H3,(H,25,26,32). The zero-order valence-corrected chi connectivity index (χ0v) is 19.4. The van der Waals surface area contributed by atoms with E-state index in [0.717, 1.165) is 24.8 Å². The van der Waals surface area contributed by atoms with Crippen LogP contribution in [0.5, 0.6) is 0 Å². The summed E-state index contributed by atoms with van der Waals surface area (Å²) in [5.41, 5.74) is 2.95. The minimum absolute atomic E-state index is 0.0962. The van der Waals surface area contributed by atoms with Crippen LogP contribution in [-0.2, 0) is 16.8 Å². The van der Waals surface area contributed by atoms with E-state index in [0.29, 0.717) is 37.5 Å². The lowest BCUT2D eigenvalue weighted by Gasteiger charge is -2.31. The number of fused-ring (bicyclic) bond motifs is 1. The first kappa shape index (κ1) is 22.2. The second-order valence-corrected chi connectivity index (χ2v) is 9.72. The molecule has 2 aromatic heterocycles. The molecule has 0 saturated carbocycles. The van der Waals surface area contributed by atoms with E-state index >= 15 is 0 Å². The summed E-state index contributed by atoms with van der Waals surface area (Å²) < 4.78 is 1.69. The van der Waals surface area contributed by atoms with Crippen LogP contribution in [0.1, 0.15) is 76.2 Å². The number of aromatic nitrogens is 5. The lowest BCUT2D eigenvalue weighted by Crippen LogP contribution is -2.38. The van der Waals surface area contributed by atoms with Crippen LogP contribution in [-0.4, -0.2) is 48.9 Å². The fraction of sp³-hybridized carbons (Fsp3) is 0.542. The highest BCUT2D eigenvalue weighted by molar-refractivity contribution is 5.76. The minimum Gasteiger partial charge on any atom is -0.343 e. The summed E-state index contributed by atoms with van der Waals surface area (Å²) in [6, 6.07) is 8.44. The molecule has 0 radical (unpaired) electrons. The predicted molar refractivity (Wildman–Crippen MR) is 124 cm³/mol. The van der Waals surface area contributed by atoms with Crippen LogP contribution in [0, 0.1) is 0 Å². The Morgan fingerprint density at radius 3 is 2.47 bits per heavy atom. The maximum absolute atomic E-state index is 12.6. The molecule has 1 aromatic carbocycles. The molecule has 0 atom stereocenters. The molecule has 0 aliphatic carbocycles. The number of carbonyl (C=O) groups excluding carboxylic acids is 1. The normalized spacial score (nSPS) is 15.4. The monoisotopic (exact) mass is 436 g/mol. The number of nitrogens with one attached hydrogen (secondary N) is 1. The van der Waals surface area contributed by atoms with Crippen molar-refractivity contribution in [1.82, 2.24) is 29.9 Å². The first-order valence-electron chi connectivity index (χ1n) is 11.5. The molecule has 8 heteroatoms. The Hall–Kier alpha value is -3.03. The Morgan fingerprint density at radius 2 is 1.84 bits per heavy atom. The second-order valence-electron chi connectivity index (χ2n) is 9.72. The van der Waals surface area contributed by atoms with Crippen molar-refractivity contribution < 1.29 is 4.79 Å². The van der Waals surface area contributed by atoms with Gasteiger partial charge in [-0.2, -0.15) is 0 Å². The maximum atomic E-state index is 12.6. The highest BCUT2D eigenvalue weighted by atomic mass is 16.2. The van der Waals surface area contributed by atoms with Crippen molar-refractivity contribution in [2.75, 3.05) is 13.1 Å². The highest BCUT2D eigenvalue weighted by Crippen LogP contribution is 2.26. The molecule has 3 heterocycles. The molecule has 4 rings (SSSR count). The fourth-order valence-corrected chi connectivity index (χ4v) is 4.24. The van der Waals surface area contributed by atoms with Crippen molar-refractivity contribution in [3.05, 3.63) is 51.6 Å². The number of piperidine rings is 1. The van der Waals surface area contributed by atoms with Gasteiger partial charge in [-0.05, 0) is 35.8 Å². The van der Waals surface area contributed by atoms with Gasteiger partial charge in [0.15, 0.2) is 11.2 Å². The molecule has 1 saturated heterocycles. The Kier molecular flexibility index (Phi) is 6.13. The summed E-state index contributed by atoms with van der Waals surface area (Å²) in [7, 11) is 0. The summed E-state index contributed by atoms with van der Waals surface area (Å²) in [4.78, 5) is 34.4. The van der Waals surface area contributed by atoms with Crippen LogP contribution < -0.4 is 5.56 Å². The third-order valence-electron chi connectivity index (χ3n) is 6.24. The van der Waals surface area contributed by atoms with Gasteiger partial charge >= 0.3 is 0 Å². The van der Waals surface area contributed by atoms with Crippen molar-refractivity contribution in [2.24, 2.45) is 0 Å². The van der Waals surface area contributed by atoms with Crippen molar-refractivity contribution in [1.29, 1.82) is 0 Å². The number of aromatic amines is 1. The van der Waals surface area contributed by atoms with Crippen LogP contribution in [0.25, 0.3) is 11.2 Å². The van der Waals surface area contributed by atoms with Gasteiger partial charge in [0, 0.05) is 25.4 Å².